The normalized spacial score (nSPS) is 11.8. The Balaban J connectivity index is 1.97. The summed E-state index contributed by atoms with van der Waals surface area (Å²) >= 11 is 5.89. The molecule has 1 unspecified atom stereocenters. The van der Waals surface area contributed by atoms with Gasteiger partial charge in [0.05, 0.1) is 5.56 Å². The Morgan fingerprint density at radius 3 is 2.38 bits per heavy atom. The van der Waals surface area contributed by atoms with Crippen molar-refractivity contribution >= 4 is 29.2 Å². The summed E-state index contributed by atoms with van der Waals surface area (Å²) < 4.78 is 33.5. The third kappa shape index (κ3) is 5.42. The molecule has 1 atom stereocenters. The predicted octanol–water partition coefficient (Wildman–Crippen LogP) is 4.43. The second kappa shape index (κ2) is 8.62. The lowest BCUT2D eigenvalue weighted by molar-refractivity contribution is -0.123. The molecule has 1 amide bonds. The van der Waals surface area contributed by atoms with Gasteiger partial charge in [-0.25, -0.2) is 4.79 Å². The van der Waals surface area contributed by atoms with Crippen LogP contribution in [0.4, 0.5) is 14.5 Å². The van der Waals surface area contributed by atoms with Crippen LogP contribution in [-0.2, 0) is 9.53 Å². The minimum Gasteiger partial charge on any atom is -0.449 e. The number of rotatable bonds is 6. The van der Waals surface area contributed by atoms with Gasteiger partial charge in [-0.1, -0.05) is 17.7 Å². The molecule has 8 heteroatoms. The van der Waals surface area contributed by atoms with Gasteiger partial charge in [0.25, 0.3) is 5.91 Å². The Morgan fingerprint density at radius 1 is 1.12 bits per heavy atom. The number of hydrogen-bond acceptors (Lipinski definition) is 4. The number of nitrogens with one attached hydrogen (secondary N) is 1. The van der Waals surface area contributed by atoms with Crippen molar-refractivity contribution in [2.24, 2.45) is 0 Å². The molecule has 2 rings (SSSR count). The number of hydrogen-bond donors (Lipinski definition) is 1. The minimum absolute atomic E-state index is 0.0845. The van der Waals surface area contributed by atoms with Crippen LogP contribution in [0.3, 0.4) is 0 Å². The molecule has 0 radical (unpaired) electrons. The first-order valence-corrected chi connectivity index (χ1v) is 7.97. The standard InChI is InChI=1S/C18H16ClF2NO4/c1-10-3-6-13(19)9-15(10)22-16(23)11(2)25-17(24)12-4-7-14(8-5-12)26-18(20)21/h3-9,11,18H,1-2H3,(H,22,23). The lowest BCUT2D eigenvalue weighted by Gasteiger charge is -2.15. The molecule has 0 fully saturated rings. The van der Waals surface area contributed by atoms with Crippen LogP contribution in [-0.4, -0.2) is 24.6 Å². The third-order valence-electron chi connectivity index (χ3n) is 3.43. The van der Waals surface area contributed by atoms with E-state index in [9.17, 15) is 18.4 Å². The number of halogens is 3. The van der Waals surface area contributed by atoms with E-state index in [0.717, 1.165) is 5.56 Å². The molecular formula is C18H16ClF2NO4. The van der Waals surface area contributed by atoms with Gasteiger partial charge in [-0.15, -0.1) is 0 Å². The van der Waals surface area contributed by atoms with Crippen molar-refractivity contribution in [1.29, 1.82) is 0 Å². The van der Waals surface area contributed by atoms with Crippen LogP contribution in [0.1, 0.15) is 22.8 Å². The number of ether oxygens (including phenoxy) is 2. The highest BCUT2D eigenvalue weighted by molar-refractivity contribution is 6.31. The van der Waals surface area contributed by atoms with Crippen molar-refractivity contribution in [2.75, 3.05) is 5.32 Å². The molecule has 5 nitrogen and oxygen atoms in total. The maximum absolute atomic E-state index is 12.2. The summed E-state index contributed by atoms with van der Waals surface area (Å²) in [7, 11) is 0. The highest BCUT2D eigenvalue weighted by Gasteiger charge is 2.20. The second-order valence-electron chi connectivity index (χ2n) is 5.40. The number of aryl methyl sites for hydroxylation is 1. The molecule has 0 aromatic heterocycles. The Labute approximate surface area is 153 Å². The number of amides is 1. The number of carbonyl (C=O) groups excluding carboxylic acids is 2. The highest BCUT2D eigenvalue weighted by atomic mass is 35.5. The van der Waals surface area contributed by atoms with E-state index >= 15 is 0 Å². The molecule has 1 N–H and O–H groups in total. The van der Waals surface area contributed by atoms with E-state index in [0.29, 0.717) is 10.7 Å². The summed E-state index contributed by atoms with van der Waals surface area (Å²) in [6.45, 7) is 0.263. The molecular weight excluding hydrogens is 368 g/mol. The molecule has 0 aliphatic rings. The SMILES string of the molecule is Cc1ccc(Cl)cc1NC(=O)C(C)OC(=O)c1ccc(OC(F)F)cc1. The van der Waals surface area contributed by atoms with E-state index in [1.807, 2.05) is 0 Å². The molecule has 26 heavy (non-hydrogen) atoms. The zero-order chi connectivity index (χ0) is 19.3. The maximum Gasteiger partial charge on any atom is 0.387 e. The summed E-state index contributed by atoms with van der Waals surface area (Å²) in [6, 6.07) is 9.99. The van der Waals surface area contributed by atoms with E-state index in [1.54, 1.807) is 25.1 Å². The molecule has 0 spiro atoms. The maximum atomic E-state index is 12.2. The quantitative estimate of drug-likeness (QED) is 0.749. The van der Waals surface area contributed by atoms with Gasteiger partial charge in [0.15, 0.2) is 6.10 Å². The largest absolute Gasteiger partial charge is 0.449 e. The summed E-state index contributed by atoms with van der Waals surface area (Å²) in [5.74, 6) is -1.38. The number of anilines is 1. The van der Waals surface area contributed by atoms with Gasteiger partial charge >= 0.3 is 12.6 Å². The summed E-state index contributed by atoms with van der Waals surface area (Å²) in [5.41, 5.74) is 1.42. The van der Waals surface area contributed by atoms with Gasteiger partial charge in [-0.2, -0.15) is 8.78 Å². The van der Waals surface area contributed by atoms with Crippen molar-refractivity contribution in [3.8, 4) is 5.75 Å². The smallest absolute Gasteiger partial charge is 0.387 e. The van der Waals surface area contributed by atoms with Crippen LogP contribution in [0.2, 0.25) is 5.02 Å². The van der Waals surface area contributed by atoms with Crippen LogP contribution in [0.25, 0.3) is 0 Å². The Hall–Kier alpha value is -2.67. The highest BCUT2D eigenvalue weighted by Crippen LogP contribution is 2.21. The Kier molecular flexibility index (Phi) is 6.52. The zero-order valence-electron chi connectivity index (χ0n) is 14.0. The van der Waals surface area contributed by atoms with Gasteiger partial charge in [-0.3, -0.25) is 4.79 Å². The fraction of sp³-hybridized carbons (Fsp3) is 0.222. The Bertz CT molecular complexity index is 796. The van der Waals surface area contributed by atoms with Crippen molar-refractivity contribution < 1.29 is 27.8 Å². The molecule has 2 aromatic rings. The predicted molar refractivity (Wildman–Crippen MR) is 92.8 cm³/mol. The monoisotopic (exact) mass is 383 g/mol. The fourth-order valence-corrected chi connectivity index (χ4v) is 2.19. The third-order valence-corrected chi connectivity index (χ3v) is 3.66. The lowest BCUT2D eigenvalue weighted by Crippen LogP contribution is -2.30. The van der Waals surface area contributed by atoms with E-state index < -0.39 is 24.6 Å². The molecule has 0 saturated heterocycles. The topological polar surface area (TPSA) is 64.6 Å². The van der Waals surface area contributed by atoms with Crippen LogP contribution in [0.5, 0.6) is 5.75 Å². The molecule has 0 aliphatic heterocycles. The minimum atomic E-state index is -2.95. The van der Waals surface area contributed by atoms with Gasteiger partial charge in [0.2, 0.25) is 0 Å². The van der Waals surface area contributed by atoms with Crippen molar-refractivity contribution in [3.63, 3.8) is 0 Å². The van der Waals surface area contributed by atoms with Gasteiger partial charge < -0.3 is 14.8 Å². The van der Waals surface area contributed by atoms with Crippen LogP contribution < -0.4 is 10.1 Å². The van der Waals surface area contributed by atoms with Crippen molar-refractivity contribution in [1.82, 2.24) is 0 Å². The second-order valence-corrected chi connectivity index (χ2v) is 5.84. The summed E-state index contributed by atoms with van der Waals surface area (Å²) in [6.07, 6.45) is -1.07. The van der Waals surface area contributed by atoms with E-state index in [4.69, 9.17) is 16.3 Å². The molecule has 0 bridgehead atoms. The average Bonchev–Trinajstić information content (AvgIpc) is 2.58. The number of alkyl halides is 2. The number of esters is 1. The molecule has 138 valence electrons. The number of carbonyl (C=O) groups is 2. The molecule has 0 aliphatic carbocycles. The van der Waals surface area contributed by atoms with Gasteiger partial charge in [0, 0.05) is 10.7 Å². The van der Waals surface area contributed by atoms with Crippen LogP contribution in [0.15, 0.2) is 42.5 Å². The zero-order valence-corrected chi connectivity index (χ0v) is 14.7. The summed E-state index contributed by atoms with van der Waals surface area (Å²) in [5, 5.41) is 3.09. The fourth-order valence-electron chi connectivity index (χ4n) is 2.02. The first kappa shape index (κ1) is 19.7. The molecule has 0 heterocycles. The Morgan fingerprint density at radius 2 is 1.77 bits per heavy atom. The first-order valence-electron chi connectivity index (χ1n) is 7.59. The molecule has 0 saturated carbocycles. The van der Waals surface area contributed by atoms with E-state index in [-0.39, 0.29) is 11.3 Å². The number of benzene rings is 2. The van der Waals surface area contributed by atoms with Crippen LogP contribution in [0, 0.1) is 6.92 Å². The van der Waals surface area contributed by atoms with Crippen molar-refractivity contribution in [2.45, 2.75) is 26.6 Å². The van der Waals surface area contributed by atoms with Gasteiger partial charge in [0.1, 0.15) is 5.75 Å². The average molecular weight is 384 g/mol. The van der Waals surface area contributed by atoms with Crippen molar-refractivity contribution in [3.05, 3.63) is 58.6 Å². The van der Waals surface area contributed by atoms with Gasteiger partial charge in [-0.05, 0) is 55.8 Å². The van der Waals surface area contributed by atoms with Crippen LogP contribution >= 0.6 is 11.6 Å². The summed E-state index contributed by atoms with van der Waals surface area (Å²) in [4.78, 5) is 24.2. The van der Waals surface area contributed by atoms with E-state index in [2.05, 4.69) is 10.1 Å². The lowest BCUT2D eigenvalue weighted by atomic mass is 10.2. The molecule has 2 aromatic carbocycles. The first-order chi connectivity index (χ1) is 12.3. The van der Waals surface area contributed by atoms with E-state index in [1.165, 1.54) is 31.2 Å².